The maximum atomic E-state index is 13.8. The van der Waals surface area contributed by atoms with Gasteiger partial charge in [0, 0.05) is 10.6 Å². The number of anilines is 1. The topological polar surface area (TPSA) is 59.8 Å². The van der Waals surface area contributed by atoms with Gasteiger partial charge < -0.3 is 5.32 Å². The molecule has 1 N–H and O–H groups in total. The Morgan fingerprint density at radius 1 is 1.00 bits per heavy atom. The van der Waals surface area contributed by atoms with Gasteiger partial charge in [0.25, 0.3) is 0 Å². The molecule has 1 heterocycles. The quantitative estimate of drug-likeness (QED) is 0.356. The van der Waals surface area contributed by atoms with Gasteiger partial charge >= 0.3 is 0 Å². The summed E-state index contributed by atoms with van der Waals surface area (Å²) in [4.78, 5) is 12.4. The van der Waals surface area contributed by atoms with E-state index in [4.69, 9.17) is 11.6 Å². The zero-order valence-corrected chi connectivity index (χ0v) is 18.4. The normalized spacial score (nSPS) is 10.9. The third-order valence-corrected chi connectivity index (χ3v) is 5.83. The molecule has 0 radical (unpaired) electrons. The van der Waals surface area contributed by atoms with E-state index < -0.39 is 23.2 Å². The van der Waals surface area contributed by atoms with Gasteiger partial charge in [0.1, 0.15) is 17.3 Å². The summed E-state index contributed by atoms with van der Waals surface area (Å²) in [6, 6.07) is 18.3. The molecular formula is C23H17ClF2N4OS. The van der Waals surface area contributed by atoms with Crippen LogP contribution in [-0.2, 0) is 4.79 Å². The van der Waals surface area contributed by atoms with E-state index in [1.165, 1.54) is 6.07 Å². The van der Waals surface area contributed by atoms with Crippen LogP contribution in [0.3, 0.4) is 0 Å². The number of thioether (sulfide) groups is 1. The zero-order chi connectivity index (χ0) is 22.7. The lowest BCUT2D eigenvalue weighted by Gasteiger charge is -2.13. The molecule has 162 valence electrons. The Morgan fingerprint density at radius 3 is 2.38 bits per heavy atom. The van der Waals surface area contributed by atoms with Gasteiger partial charge in [0.15, 0.2) is 11.0 Å². The molecule has 0 aliphatic heterocycles. The van der Waals surface area contributed by atoms with Crippen molar-refractivity contribution in [3.05, 3.63) is 89.0 Å². The third-order valence-electron chi connectivity index (χ3n) is 4.65. The summed E-state index contributed by atoms with van der Waals surface area (Å²) < 4.78 is 29.5. The number of carbonyl (C=O) groups is 1. The lowest BCUT2D eigenvalue weighted by atomic mass is 10.1. The molecule has 0 spiro atoms. The fourth-order valence-corrected chi connectivity index (χ4v) is 3.97. The summed E-state index contributed by atoms with van der Waals surface area (Å²) in [6.45, 7) is 1.96. The molecule has 0 unspecified atom stereocenters. The van der Waals surface area contributed by atoms with Gasteiger partial charge in [-0.05, 0) is 55.0 Å². The highest BCUT2D eigenvalue weighted by Crippen LogP contribution is 2.30. The largest absolute Gasteiger partial charge is 0.320 e. The standard InChI is InChI=1S/C23H17ClF2N4OS/c1-14-5-2-3-8-19(14)30-22(15-9-11-16(24)12-10-15)28-29-23(30)32-13-20(31)27-21-17(25)6-4-7-18(21)26/h2-12H,13H2,1H3,(H,27,31). The lowest BCUT2D eigenvalue weighted by molar-refractivity contribution is -0.113. The van der Waals surface area contributed by atoms with Crippen molar-refractivity contribution >= 4 is 35.0 Å². The van der Waals surface area contributed by atoms with E-state index in [-0.39, 0.29) is 5.75 Å². The van der Waals surface area contributed by atoms with Crippen molar-refractivity contribution in [2.45, 2.75) is 12.1 Å². The number of benzene rings is 3. The van der Waals surface area contributed by atoms with Crippen LogP contribution in [0.2, 0.25) is 5.02 Å². The molecule has 5 nitrogen and oxygen atoms in total. The van der Waals surface area contributed by atoms with Crippen LogP contribution >= 0.6 is 23.4 Å². The van der Waals surface area contributed by atoms with Crippen molar-refractivity contribution in [2.75, 3.05) is 11.1 Å². The summed E-state index contributed by atoms with van der Waals surface area (Å²) in [5, 5.41) is 11.9. The molecule has 0 aliphatic carbocycles. The average molecular weight is 471 g/mol. The number of amides is 1. The molecule has 32 heavy (non-hydrogen) atoms. The predicted molar refractivity (Wildman–Crippen MR) is 122 cm³/mol. The third kappa shape index (κ3) is 4.66. The van der Waals surface area contributed by atoms with E-state index in [1.807, 2.05) is 47.9 Å². The van der Waals surface area contributed by atoms with E-state index in [0.717, 1.165) is 40.7 Å². The minimum Gasteiger partial charge on any atom is -0.320 e. The Hall–Kier alpha value is -3.23. The highest BCUT2D eigenvalue weighted by molar-refractivity contribution is 7.99. The smallest absolute Gasteiger partial charge is 0.235 e. The molecule has 0 saturated carbocycles. The molecule has 3 aromatic carbocycles. The number of halogens is 3. The first kappa shape index (κ1) is 22.0. The average Bonchev–Trinajstić information content (AvgIpc) is 3.19. The predicted octanol–water partition coefficient (Wildman–Crippen LogP) is 5.91. The number of nitrogens with zero attached hydrogens (tertiary/aromatic N) is 3. The van der Waals surface area contributed by atoms with Crippen molar-refractivity contribution in [1.29, 1.82) is 0 Å². The molecule has 4 rings (SSSR count). The molecule has 0 fully saturated rings. The lowest BCUT2D eigenvalue weighted by Crippen LogP contribution is -2.16. The Kier molecular flexibility index (Phi) is 6.53. The van der Waals surface area contributed by atoms with Gasteiger partial charge in [-0.1, -0.05) is 47.6 Å². The van der Waals surface area contributed by atoms with Crippen LogP contribution in [0.1, 0.15) is 5.56 Å². The fourth-order valence-electron chi connectivity index (χ4n) is 3.10. The summed E-state index contributed by atoms with van der Waals surface area (Å²) in [5.41, 5.74) is 2.17. The maximum Gasteiger partial charge on any atom is 0.235 e. The molecule has 1 amide bonds. The van der Waals surface area contributed by atoms with Gasteiger partial charge in [-0.25, -0.2) is 8.78 Å². The van der Waals surface area contributed by atoms with Gasteiger partial charge in [-0.3, -0.25) is 9.36 Å². The second-order valence-electron chi connectivity index (χ2n) is 6.87. The van der Waals surface area contributed by atoms with Crippen molar-refractivity contribution in [2.24, 2.45) is 0 Å². The van der Waals surface area contributed by atoms with Crippen LogP contribution in [0.25, 0.3) is 17.1 Å². The number of hydrogen-bond donors (Lipinski definition) is 1. The second kappa shape index (κ2) is 9.50. The number of para-hydroxylation sites is 2. The number of hydrogen-bond acceptors (Lipinski definition) is 4. The van der Waals surface area contributed by atoms with Gasteiger partial charge in [-0.2, -0.15) is 0 Å². The first-order valence-corrected chi connectivity index (χ1v) is 10.9. The van der Waals surface area contributed by atoms with Crippen LogP contribution in [-0.4, -0.2) is 26.4 Å². The van der Waals surface area contributed by atoms with Crippen LogP contribution in [0.4, 0.5) is 14.5 Å². The summed E-state index contributed by atoms with van der Waals surface area (Å²) in [5.74, 6) is -1.77. The SMILES string of the molecule is Cc1ccccc1-n1c(SCC(=O)Nc2c(F)cccc2F)nnc1-c1ccc(Cl)cc1. The van der Waals surface area contributed by atoms with Crippen molar-refractivity contribution in [3.8, 4) is 17.1 Å². The van der Waals surface area contributed by atoms with E-state index in [1.54, 1.807) is 12.1 Å². The second-order valence-corrected chi connectivity index (χ2v) is 8.25. The first-order chi connectivity index (χ1) is 15.4. The van der Waals surface area contributed by atoms with Gasteiger partial charge in [0.2, 0.25) is 5.91 Å². The Labute approximate surface area is 192 Å². The highest BCUT2D eigenvalue weighted by Gasteiger charge is 2.19. The molecular weight excluding hydrogens is 454 g/mol. The molecule has 0 atom stereocenters. The van der Waals surface area contributed by atoms with Crippen molar-refractivity contribution in [1.82, 2.24) is 14.8 Å². The van der Waals surface area contributed by atoms with E-state index >= 15 is 0 Å². The number of aromatic nitrogens is 3. The van der Waals surface area contributed by atoms with E-state index in [9.17, 15) is 13.6 Å². The van der Waals surface area contributed by atoms with E-state index in [0.29, 0.717) is 16.0 Å². The monoisotopic (exact) mass is 470 g/mol. The molecule has 0 bridgehead atoms. The van der Waals surface area contributed by atoms with Gasteiger partial charge in [-0.15, -0.1) is 10.2 Å². The molecule has 1 aromatic heterocycles. The zero-order valence-electron chi connectivity index (χ0n) is 16.8. The number of nitrogens with one attached hydrogen (secondary N) is 1. The van der Waals surface area contributed by atoms with Crippen LogP contribution in [0.5, 0.6) is 0 Å². The maximum absolute atomic E-state index is 13.8. The summed E-state index contributed by atoms with van der Waals surface area (Å²) in [6.07, 6.45) is 0. The van der Waals surface area contributed by atoms with Gasteiger partial charge in [0.05, 0.1) is 11.4 Å². The molecule has 9 heteroatoms. The minimum atomic E-state index is -0.837. The number of rotatable bonds is 6. The number of carbonyl (C=O) groups excluding carboxylic acids is 1. The molecule has 0 aliphatic rings. The first-order valence-electron chi connectivity index (χ1n) is 9.58. The van der Waals surface area contributed by atoms with E-state index in [2.05, 4.69) is 15.5 Å². The van der Waals surface area contributed by atoms with Crippen LogP contribution in [0.15, 0.2) is 71.9 Å². The Morgan fingerprint density at radius 2 is 1.69 bits per heavy atom. The molecule has 0 saturated heterocycles. The van der Waals surface area contributed by atoms with Crippen molar-refractivity contribution in [3.63, 3.8) is 0 Å². The fraction of sp³-hybridized carbons (Fsp3) is 0.0870. The number of aryl methyl sites for hydroxylation is 1. The highest BCUT2D eigenvalue weighted by atomic mass is 35.5. The van der Waals surface area contributed by atoms with Crippen molar-refractivity contribution < 1.29 is 13.6 Å². The molecule has 4 aromatic rings. The Bertz CT molecular complexity index is 1260. The van der Waals surface area contributed by atoms with Crippen LogP contribution in [0, 0.1) is 18.6 Å². The van der Waals surface area contributed by atoms with Crippen LogP contribution < -0.4 is 5.32 Å². The summed E-state index contributed by atoms with van der Waals surface area (Å²) in [7, 11) is 0. The summed E-state index contributed by atoms with van der Waals surface area (Å²) >= 11 is 7.13. The Balaban J connectivity index is 1.63. The minimum absolute atomic E-state index is 0.113.